The highest BCUT2D eigenvalue weighted by Crippen LogP contribution is 2.46. The average Bonchev–Trinajstić information content (AvgIpc) is 3.01. The monoisotopic (exact) mass is 206 g/mol. The van der Waals surface area contributed by atoms with Crippen LogP contribution in [0.5, 0.6) is 0 Å². The molecule has 0 unspecified atom stereocenters. The fourth-order valence-corrected chi connectivity index (χ4v) is 2.60. The molecule has 0 amide bonds. The van der Waals surface area contributed by atoms with E-state index in [9.17, 15) is 4.39 Å². The third kappa shape index (κ3) is 1.78. The summed E-state index contributed by atoms with van der Waals surface area (Å²) in [5.41, 5.74) is 1.54. The van der Waals surface area contributed by atoms with Crippen LogP contribution in [0.2, 0.25) is 0 Å². The first-order chi connectivity index (χ1) is 7.27. The molecule has 1 nitrogen and oxygen atoms in total. The van der Waals surface area contributed by atoms with Crippen LogP contribution in [0.3, 0.4) is 0 Å². The molecule has 1 aromatic rings. The van der Waals surface area contributed by atoms with E-state index in [0.717, 1.165) is 6.61 Å². The Hall–Kier alpha value is -0.890. The van der Waals surface area contributed by atoms with Gasteiger partial charge < -0.3 is 4.74 Å². The second kappa shape index (κ2) is 3.31. The van der Waals surface area contributed by atoms with Gasteiger partial charge in [0.05, 0.1) is 12.2 Å². The van der Waals surface area contributed by atoms with E-state index in [2.05, 4.69) is 0 Å². The molecule has 1 saturated carbocycles. The fraction of sp³-hybridized carbons (Fsp3) is 0.538. The van der Waals surface area contributed by atoms with Crippen LogP contribution in [-0.4, -0.2) is 12.2 Å². The predicted octanol–water partition coefficient (Wildman–Crippen LogP) is 3.25. The summed E-state index contributed by atoms with van der Waals surface area (Å²) in [7, 11) is 0. The summed E-state index contributed by atoms with van der Waals surface area (Å²) in [4.78, 5) is 0. The molecule has 2 aliphatic rings. The molecule has 0 radical (unpaired) electrons. The lowest BCUT2D eigenvalue weighted by Gasteiger charge is -2.26. The second-order valence-corrected chi connectivity index (χ2v) is 4.80. The molecule has 1 aliphatic carbocycles. The van der Waals surface area contributed by atoms with Crippen LogP contribution in [0.25, 0.3) is 0 Å². The van der Waals surface area contributed by atoms with Crippen molar-refractivity contribution < 1.29 is 9.13 Å². The first-order valence-electron chi connectivity index (χ1n) is 5.67. The lowest BCUT2D eigenvalue weighted by molar-refractivity contribution is 0.223. The molecule has 1 spiro atoms. The van der Waals surface area contributed by atoms with Crippen LogP contribution < -0.4 is 0 Å². The minimum Gasteiger partial charge on any atom is -0.370 e. The number of hydrogen-bond acceptors (Lipinski definition) is 1. The molecular formula is C13H15FO. The second-order valence-electron chi connectivity index (χ2n) is 4.80. The van der Waals surface area contributed by atoms with Crippen LogP contribution >= 0.6 is 0 Å². The highest BCUT2D eigenvalue weighted by molar-refractivity contribution is 5.21. The van der Waals surface area contributed by atoms with Crippen molar-refractivity contribution in [3.05, 3.63) is 35.6 Å². The molecule has 80 valence electrons. The molecule has 3 rings (SSSR count). The van der Waals surface area contributed by atoms with Crippen molar-refractivity contribution in [3.63, 3.8) is 0 Å². The van der Waals surface area contributed by atoms with Crippen molar-refractivity contribution in [1.29, 1.82) is 0 Å². The summed E-state index contributed by atoms with van der Waals surface area (Å²) in [6.07, 6.45) is 4.72. The van der Waals surface area contributed by atoms with Gasteiger partial charge in [-0.05, 0) is 49.3 Å². The maximum Gasteiger partial charge on any atom is 0.123 e. The van der Waals surface area contributed by atoms with Gasteiger partial charge in [0.2, 0.25) is 0 Å². The molecule has 1 heterocycles. The third-order valence-electron chi connectivity index (χ3n) is 3.79. The van der Waals surface area contributed by atoms with E-state index in [4.69, 9.17) is 4.74 Å². The van der Waals surface area contributed by atoms with Crippen molar-refractivity contribution in [2.45, 2.75) is 37.2 Å². The molecule has 1 saturated heterocycles. The summed E-state index contributed by atoms with van der Waals surface area (Å²) in [5.74, 6) is 0.469. The Bertz CT molecular complexity index is 343. The molecule has 15 heavy (non-hydrogen) atoms. The van der Waals surface area contributed by atoms with E-state index in [1.807, 2.05) is 12.1 Å². The third-order valence-corrected chi connectivity index (χ3v) is 3.79. The van der Waals surface area contributed by atoms with E-state index >= 15 is 0 Å². The summed E-state index contributed by atoms with van der Waals surface area (Å²) >= 11 is 0. The van der Waals surface area contributed by atoms with Gasteiger partial charge in [-0.1, -0.05) is 12.1 Å². The predicted molar refractivity (Wildman–Crippen MR) is 56.3 cm³/mol. The maximum absolute atomic E-state index is 12.8. The highest BCUT2D eigenvalue weighted by Gasteiger charge is 2.46. The Labute approximate surface area is 89.3 Å². The number of epoxide rings is 1. The van der Waals surface area contributed by atoms with Crippen LogP contribution in [0, 0.1) is 5.82 Å². The number of rotatable bonds is 1. The molecule has 1 aliphatic heterocycles. The van der Waals surface area contributed by atoms with Gasteiger partial charge in [0, 0.05) is 0 Å². The van der Waals surface area contributed by atoms with Crippen LogP contribution in [0.4, 0.5) is 4.39 Å². The van der Waals surface area contributed by atoms with Crippen LogP contribution in [0.1, 0.15) is 37.2 Å². The van der Waals surface area contributed by atoms with Gasteiger partial charge in [0.1, 0.15) is 5.82 Å². The van der Waals surface area contributed by atoms with E-state index in [1.54, 1.807) is 12.1 Å². The van der Waals surface area contributed by atoms with E-state index in [0.29, 0.717) is 5.92 Å². The lowest BCUT2D eigenvalue weighted by Crippen LogP contribution is -2.20. The van der Waals surface area contributed by atoms with Gasteiger partial charge in [-0.3, -0.25) is 0 Å². The average molecular weight is 206 g/mol. The minimum atomic E-state index is -0.142. The van der Waals surface area contributed by atoms with Crippen molar-refractivity contribution in [2.24, 2.45) is 0 Å². The topological polar surface area (TPSA) is 12.5 Å². The molecule has 2 fully saturated rings. The van der Waals surface area contributed by atoms with Crippen LogP contribution in [0.15, 0.2) is 24.3 Å². The summed E-state index contributed by atoms with van der Waals surface area (Å²) in [6.45, 7) is 0.961. The van der Waals surface area contributed by atoms with Gasteiger partial charge in [-0.25, -0.2) is 4.39 Å². The van der Waals surface area contributed by atoms with E-state index in [1.165, 1.54) is 31.2 Å². The standard InChI is InChI=1S/C13H15FO/c14-12-3-1-10(2-4-12)11-5-7-13(8-6-11)9-15-13/h1-4,11H,5-9H2. The SMILES string of the molecule is Fc1ccc(C2CCC3(CC2)CO3)cc1. The van der Waals surface area contributed by atoms with Gasteiger partial charge >= 0.3 is 0 Å². The van der Waals surface area contributed by atoms with Crippen LogP contribution in [-0.2, 0) is 4.74 Å². The van der Waals surface area contributed by atoms with Crippen molar-refractivity contribution in [2.75, 3.05) is 6.61 Å². The summed E-state index contributed by atoms with van der Waals surface area (Å²) in [5, 5.41) is 0. The fourth-order valence-electron chi connectivity index (χ4n) is 2.60. The lowest BCUT2D eigenvalue weighted by atomic mass is 9.79. The Kier molecular flexibility index (Phi) is 2.06. The van der Waals surface area contributed by atoms with Crippen molar-refractivity contribution >= 4 is 0 Å². The van der Waals surface area contributed by atoms with E-state index in [-0.39, 0.29) is 11.4 Å². The molecule has 0 N–H and O–H groups in total. The molecule has 2 heteroatoms. The Morgan fingerprint density at radius 3 is 2.27 bits per heavy atom. The number of halogens is 1. The molecular weight excluding hydrogens is 191 g/mol. The minimum absolute atomic E-state index is 0.142. The van der Waals surface area contributed by atoms with Gasteiger partial charge in [-0.2, -0.15) is 0 Å². The van der Waals surface area contributed by atoms with Gasteiger partial charge in [-0.15, -0.1) is 0 Å². The molecule has 0 aromatic heterocycles. The Morgan fingerprint density at radius 2 is 1.73 bits per heavy atom. The summed E-state index contributed by atoms with van der Waals surface area (Å²) < 4.78 is 18.2. The smallest absolute Gasteiger partial charge is 0.123 e. The summed E-state index contributed by atoms with van der Waals surface area (Å²) in [6, 6.07) is 6.97. The van der Waals surface area contributed by atoms with E-state index < -0.39 is 0 Å². The van der Waals surface area contributed by atoms with Gasteiger partial charge in [0.25, 0.3) is 0 Å². The zero-order chi connectivity index (χ0) is 10.3. The first kappa shape index (κ1) is 9.34. The largest absolute Gasteiger partial charge is 0.370 e. The Morgan fingerprint density at radius 1 is 1.13 bits per heavy atom. The quantitative estimate of drug-likeness (QED) is 0.642. The molecule has 1 aromatic carbocycles. The number of hydrogen-bond donors (Lipinski definition) is 0. The first-order valence-corrected chi connectivity index (χ1v) is 5.67. The number of benzene rings is 1. The highest BCUT2D eigenvalue weighted by atomic mass is 19.1. The Balaban J connectivity index is 1.70. The maximum atomic E-state index is 12.8. The zero-order valence-corrected chi connectivity index (χ0v) is 8.71. The zero-order valence-electron chi connectivity index (χ0n) is 8.71. The normalized spacial score (nSPS) is 34.3. The van der Waals surface area contributed by atoms with Gasteiger partial charge in [0.15, 0.2) is 0 Å². The molecule has 0 atom stereocenters. The molecule has 0 bridgehead atoms. The number of ether oxygens (including phenoxy) is 1. The van der Waals surface area contributed by atoms with Crippen molar-refractivity contribution in [1.82, 2.24) is 0 Å². The van der Waals surface area contributed by atoms with Crippen molar-refractivity contribution in [3.8, 4) is 0 Å².